The van der Waals surface area contributed by atoms with Crippen LogP contribution in [0.25, 0.3) is 11.0 Å². The SMILES string of the molecule is CSC1CCCC(n2c(=S)[nH]c3c(C#N)cccc32)C1. The molecule has 1 aliphatic rings. The number of nitrogens with zero attached hydrogens (tertiary/aromatic N) is 2. The molecule has 0 radical (unpaired) electrons. The van der Waals surface area contributed by atoms with E-state index in [0.717, 1.165) is 21.1 Å². The van der Waals surface area contributed by atoms with E-state index in [1.165, 1.54) is 25.7 Å². The average molecular weight is 303 g/mol. The lowest BCUT2D eigenvalue weighted by molar-refractivity contribution is 0.365. The Kier molecular flexibility index (Phi) is 3.86. The van der Waals surface area contributed by atoms with Gasteiger partial charge in [-0.2, -0.15) is 17.0 Å². The lowest BCUT2D eigenvalue weighted by atomic mass is 9.94. The molecule has 0 saturated heterocycles. The van der Waals surface area contributed by atoms with E-state index >= 15 is 0 Å². The summed E-state index contributed by atoms with van der Waals surface area (Å²) in [6, 6.07) is 8.53. The third-order valence-electron chi connectivity index (χ3n) is 4.17. The van der Waals surface area contributed by atoms with Crippen molar-refractivity contribution in [2.75, 3.05) is 6.26 Å². The van der Waals surface area contributed by atoms with Gasteiger partial charge in [-0.1, -0.05) is 12.5 Å². The number of H-pyrrole nitrogens is 1. The van der Waals surface area contributed by atoms with Gasteiger partial charge in [0.05, 0.1) is 16.6 Å². The first kappa shape index (κ1) is 13.7. The number of nitriles is 1. The van der Waals surface area contributed by atoms with Crippen LogP contribution >= 0.6 is 24.0 Å². The van der Waals surface area contributed by atoms with Crippen LogP contribution < -0.4 is 0 Å². The number of fused-ring (bicyclic) bond motifs is 1. The summed E-state index contributed by atoms with van der Waals surface area (Å²) in [7, 11) is 0. The van der Waals surface area contributed by atoms with Crippen LogP contribution in [0.4, 0.5) is 0 Å². The second-order valence-electron chi connectivity index (χ2n) is 5.29. The normalized spacial score (nSPS) is 22.8. The van der Waals surface area contributed by atoms with Crippen molar-refractivity contribution in [3.05, 3.63) is 28.5 Å². The van der Waals surface area contributed by atoms with Crippen molar-refractivity contribution in [1.82, 2.24) is 9.55 Å². The van der Waals surface area contributed by atoms with E-state index in [9.17, 15) is 5.26 Å². The number of hydrogen-bond donors (Lipinski definition) is 1. The van der Waals surface area contributed by atoms with Crippen molar-refractivity contribution in [2.24, 2.45) is 0 Å². The van der Waals surface area contributed by atoms with E-state index in [4.69, 9.17) is 12.2 Å². The van der Waals surface area contributed by atoms with Crippen LogP contribution in [-0.4, -0.2) is 21.1 Å². The molecule has 2 aromatic rings. The van der Waals surface area contributed by atoms with Crippen molar-refractivity contribution in [3.8, 4) is 6.07 Å². The number of benzene rings is 1. The van der Waals surface area contributed by atoms with Crippen LogP contribution in [0.15, 0.2) is 18.2 Å². The molecule has 1 fully saturated rings. The molecule has 1 N–H and O–H groups in total. The molecule has 0 amide bonds. The lowest BCUT2D eigenvalue weighted by Gasteiger charge is -2.29. The number of rotatable bonds is 2. The molecule has 1 aliphatic carbocycles. The summed E-state index contributed by atoms with van der Waals surface area (Å²) in [5, 5.41) is 9.93. The topological polar surface area (TPSA) is 44.5 Å². The molecule has 5 heteroatoms. The fraction of sp³-hybridized carbons (Fsp3) is 0.467. The van der Waals surface area contributed by atoms with E-state index in [1.807, 2.05) is 23.9 Å². The smallest absolute Gasteiger partial charge is 0.178 e. The molecule has 3 nitrogen and oxygen atoms in total. The zero-order valence-corrected chi connectivity index (χ0v) is 13.1. The summed E-state index contributed by atoms with van der Waals surface area (Å²) < 4.78 is 2.97. The highest BCUT2D eigenvalue weighted by Crippen LogP contribution is 2.36. The summed E-state index contributed by atoms with van der Waals surface area (Å²) in [5.41, 5.74) is 2.62. The van der Waals surface area contributed by atoms with Crippen LogP contribution in [0.2, 0.25) is 0 Å². The molecule has 2 unspecified atom stereocenters. The number of thioether (sulfide) groups is 1. The Bertz CT molecular complexity index is 723. The summed E-state index contributed by atoms with van der Waals surface area (Å²) in [5.74, 6) is 0. The van der Waals surface area contributed by atoms with Gasteiger partial charge in [-0.05, 0) is 49.9 Å². The fourth-order valence-corrected chi connectivity index (χ4v) is 4.34. The maximum atomic E-state index is 9.21. The maximum Gasteiger partial charge on any atom is 0.178 e. The van der Waals surface area contributed by atoms with E-state index in [2.05, 4.69) is 27.9 Å². The third kappa shape index (κ3) is 2.27. The summed E-state index contributed by atoms with van der Waals surface area (Å²) >= 11 is 7.46. The van der Waals surface area contributed by atoms with Gasteiger partial charge >= 0.3 is 0 Å². The Morgan fingerprint density at radius 1 is 1.45 bits per heavy atom. The van der Waals surface area contributed by atoms with Crippen LogP contribution in [0.1, 0.15) is 37.3 Å². The number of para-hydroxylation sites is 1. The van der Waals surface area contributed by atoms with Gasteiger partial charge in [0.2, 0.25) is 0 Å². The minimum atomic E-state index is 0.455. The Labute approximate surface area is 128 Å². The Morgan fingerprint density at radius 2 is 2.30 bits per heavy atom. The van der Waals surface area contributed by atoms with Crippen LogP contribution in [0, 0.1) is 16.1 Å². The Hall–Kier alpha value is -1.25. The van der Waals surface area contributed by atoms with Gasteiger partial charge in [0.1, 0.15) is 6.07 Å². The predicted octanol–water partition coefficient (Wildman–Crippen LogP) is 4.42. The second-order valence-corrected chi connectivity index (χ2v) is 6.81. The monoisotopic (exact) mass is 303 g/mol. The van der Waals surface area contributed by atoms with Crippen molar-refractivity contribution < 1.29 is 0 Å². The molecular formula is C15H17N3S2. The first-order valence-electron chi connectivity index (χ1n) is 6.90. The van der Waals surface area contributed by atoms with Crippen molar-refractivity contribution in [3.63, 3.8) is 0 Å². The zero-order chi connectivity index (χ0) is 14.1. The lowest BCUT2D eigenvalue weighted by Crippen LogP contribution is -2.20. The standard InChI is InChI=1S/C15H17N3S2/c1-20-12-6-3-5-11(8-12)18-13-7-2-4-10(9-16)14(13)17-15(18)19/h2,4,7,11-12H,3,5-6,8H2,1H3,(H,17,19). The average Bonchev–Trinajstić information content (AvgIpc) is 2.83. The Morgan fingerprint density at radius 3 is 3.05 bits per heavy atom. The van der Waals surface area contributed by atoms with E-state index < -0.39 is 0 Å². The Balaban J connectivity index is 2.10. The van der Waals surface area contributed by atoms with E-state index in [-0.39, 0.29) is 0 Å². The molecular weight excluding hydrogens is 286 g/mol. The maximum absolute atomic E-state index is 9.21. The van der Waals surface area contributed by atoms with Gasteiger partial charge in [0.25, 0.3) is 0 Å². The molecule has 1 heterocycles. The van der Waals surface area contributed by atoms with Gasteiger partial charge in [-0.15, -0.1) is 0 Å². The predicted molar refractivity (Wildman–Crippen MR) is 86.6 cm³/mol. The molecule has 104 valence electrons. The van der Waals surface area contributed by atoms with Gasteiger partial charge < -0.3 is 9.55 Å². The molecule has 0 aliphatic heterocycles. The van der Waals surface area contributed by atoms with Gasteiger partial charge in [0, 0.05) is 11.3 Å². The summed E-state index contributed by atoms with van der Waals surface area (Å²) in [6.45, 7) is 0. The molecule has 2 atom stereocenters. The van der Waals surface area contributed by atoms with E-state index in [1.54, 1.807) is 0 Å². The largest absolute Gasteiger partial charge is 0.329 e. The fourth-order valence-electron chi connectivity index (χ4n) is 3.17. The highest BCUT2D eigenvalue weighted by atomic mass is 32.2. The van der Waals surface area contributed by atoms with Gasteiger partial charge in [-0.25, -0.2) is 0 Å². The summed E-state index contributed by atoms with van der Waals surface area (Å²) in [4.78, 5) is 3.23. The molecule has 1 aromatic heterocycles. The van der Waals surface area contributed by atoms with Gasteiger partial charge in [0.15, 0.2) is 4.77 Å². The first-order chi connectivity index (χ1) is 9.74. The first-order valence-corrected chi connectivity index (χ1v) is 8.60. The van der Waals surface area contributed by atoms with Crippen molar-refractivity contribution in [2.45, 2.75) is 37.0 Å². The highest BCUT2D eigenvalue weighted by molar-refractivity contribution is 7.99. The van der Waals surface area contributed by atoms with Crippen molar-refractivity contribution in [1.29, 1.82) is 5.26 Å². The van der Waals surface area contributed by atoms with Gasteiger partial charge in [-0.3, -0.25) is 0 Å². The van der Waals surface area contributed by atoms with Crippen LogP contribution in [0.3, 0.4) is 0 Å². The second kappa shape index (κ2) is 5.63. The van der Waals surface area contributed by atoms with Crippen LogP contribution in [-0.2, 0) is 0 Å². The van der Waals surface area contributed by atoms with E-state index in [0.29, 0.717) is 11.6 Å². The number of hydrogen-bond acceptors (Lipinski definition) is 3. The number of aromatic amines is 1. The molecule has 1 saturated carbocycles. The van der Waals surface area contributed by atoms with Crippen molar-refractivity contribution >= 4 is 35.0 Å². The highest BCUT2D eigenvalue weighted by Gasteiger charge is 2.24. The minimum Gasteiger partial charge on any atom is -0.329 e. The zero-order valence-electron chi connectivity index (χ0n) is 11.4. The minimum absolute atomic E-state index is 0.455. The number of aromatic nitrogens is 2. The van der Waals surface area contributed by atoms with Crippen LogP contribution in [0.5, 0.6) is 0 Å². The molecule has 20 heavy (non-hydrogen) atoms. The molecule has 0 bridgehead atoms. The molecule has 1 aromatic carbocycles. The molecule has 0 spiro atoms. The quantitative estimate of drug-likeness (QED) is 0.835. The number of imidazole rings is 1. The third-order valence-corrected chi connectivity index (χ3v) is 5.56. The number of nitrogens with one attached hydrogen (secondary N) is 1. The summed E-state index contributed by atoms with van der Waals surface area (Å²) in [6.07, 6.45) is 7.09. The molecule has 3 rings (SSSR count).